The second-order valence-electron chi connectivity index (χ2n) is 7.42. The summed E-state index contributed by atoms with van der Waals surface area (Å²) in [5.41, 5.74) is 3.93. The van der Waals surface area contributed by atoms with Crippen LogP contribution in [0.5, 0.6) is 0 Å². The van der Waals surface area contributed by atoms with Crippen molar-refractivity contribution in [2.75, 3.05) is 19.8 Å². The van der Waals surface area contributed by atoms with Crippen molar-refractivity contribution in [3.8, 4) is 0 Å². The zero-order chi connectivity index (χ0) is 17.2. The normalized spacial score (nSPS) is 20.8. The number of benzene rings is 1. The van der Waals surface area contributed by atoms with Crippen LogP contribution in [0.4, 0.5) is 0 Å². The second kappa shape index (κ2) is 7.24. The molecule has 1 saturated heterocycles. The molecule has 2 fully saturated rings. The lowest BCUT2D eigenvalue weighted by atomic mass is 9.89. The van der Waals surface area contributed by atoms with Crippen molar-refractivity contribution in [2.45, 2.75) is 58.2 Å². The molecular formula is C20H29NO3. The summed E-state index contributed by atoms with van der Waals surface area (Å²) >= 11 is 0. The molecule has 4 nitrogen and oxygen atoms in total. The van der Waals surface area contributed by atoms with Gasteiger partial charge in [-0.1, -0.05) is 18.2 Å². The van der Waals surface area contributed by atoms with Crippen LogP contribution >= 0.6 is 0 Å². The number of rotatable bonds is 7. The van der Waals surface area contributed by atoms with E-state index in [2.05, 4.69) is 37.4 Å². The van der Waals surface area contributed by atoms with Crippen LogP contribution in [0.3, 0.4) is 0 Å². The van der Waals surface area contributed by atoms with Crippen molar-refractivity contribution in [2.24, 2.45) is 5.92 Å². The number of hydrogen-bond acceptors (Lipinski definition) is 3. The molecule has 0 bridgehead atoms. The van der Waals surface area contributed by atoms with Gasteiger partial charge in [-0.15, -0.1) is 0 Å². The molecule has 1 saturated carbocycles. The van der Waals surface area contributed by atoms with Crippen LogP contribution in [-0.2, 0) is 14.3 Å². The van der Waals surface area contributed by atoms with Crippen molar-refractivity contribution in [1.82, 2.24) is 5.32 Å². The van der Waals surface area contributed by atoms with Gasteiger partial charge in [-0.2, -0.15) is 0 Å². The summed E-state index contributed by atoms with van der Waals surface area (Å²) in [6.45, 7) is 8.09. The maximum atomic E-state index is 12.4. The molecule has 1 aromatic carbocycles. The minimum absolute atomic E-state index is 0.131. The van der Waals surface area contributed by atoms with Gasteiger partial charge in [0.25, 0.3) is 0 Å². The highest BCUT2D eigenvalue weighted by atomic mass is 16.7. The van der Waals surface area contributed by atoms with Crippen LogP contribution in [0.2, 0.25) is 0 Å². The molecule has 24 heavy (non-hydrogen) atoms. The predicted molar refractivity (Wildman–Crippen MR) is 93.9 cm³/mol. The summed E-state index contributed by atoms with van der Waals surface area (Å²) in [5.74, 6) is 0.611. The molecule has 0 spiro atoms. The maximum Gasteiger partial charge on any atom is 0.220 e. The third kappa shape index (κ3) is 4.37. The second-order valence-corrected chi connectivity index (χ2v) is 7.42. The van der Waals surface area contributed by atoms with Crippen molar-refractivity contribution >= 4 is 5.91 Å². The Bertz CT molecular complexity index is 589. The monoisotopic (exact) mass is 331 g/mol. The van der Waals surface area contributed by atoms with Gasteiger partial charge in [0.15, 0.2) is 5.79 Å². The third-order valence-corrected chi connectivity index (χ3v) is 5.35. The van der Waals surface area contributed by atoms with E-state index in [-0.39, 0.29) is 5.91 Å². The summed E-state index contributed by atoms with van der Waals surface area (Å²) < 4.78 is 11.1. The topological polar surface area (TPSA) is 47.6 Å². The summed E-state index contributed by atoms with van der Waals surface area (Å²) in [7, 11) is 0. The van der Waals surface area contributed by atoms with E-state index in [4.69, 9.17) is 9.47 Å². The average molecular weight is 331 g/mol. The smallest absolute Gasteiger partial charge is 0.220 e. The molecule has 1 atom stereocenters. The standard InChI is InChI=1S/C20H29NO3/c1-14-4-5-17(12-15(14)2)18(16-6-7-16)13-19(22)21-9-8-20(3)23-10-11-24-20/h4-5,12,16,18H,6-11,13H2,1-3H3,(H,21,22). The Hall–Kier alpha value is -1.39. The van der Waals surface area contributed by atoms with Gasteiger partial charge in [0.1, 0.15) is 0 Å². The summed E-state index contributed by atoms with van der Waals surface area (Å²) in [6, 6.07) is 6.63. The Labute approximate surface area is 144 Å². The summed E-state index contributed by atoms with van der Waals surface area (Å²) in [4.78, 5) is 12.4. The van der Waals surface area contributed by atoms with Crippen molar-refractivity contribution in [3.05, 3.63) is 34.9 Å². The molecule has 1 aliphatic heterocycles. The summed E-state index contributed by atoms with van der Waals surface area (Å²) in [5, 5.41) is 3.04. The highest BCUT2D eigenvalue weighted by Gasteiger charge is 2.34. The minimum atomic E-state index is -0.531. The lowest BCUT2D eigenvalue weighted by molar-refractivity contribution is -0.146. The molecule has 2 aliphatic rings. The zero-order valence-electron chi connectivity index (χ0n) is 15.1. The fourth-order valence-corrected chi connectivity index (χ4v) is 3.45. The molecule has 3 rings (SSSR count). The maximum absolute atomic E-state index is 12.4. The van der Waals surface area contributed by atoms with E-state index in [0.29, 0.717) is 44.4 Å². The first-order valence-electron chi connectivity index (χ1n) is 9.09. The molecule has 4 heteroatoms. The van der Waals surface area contributed by atoms with E-state index in [0.717, 1.165) is 0 Å². The fourth-order valence-electron chi connectivity index (χ4n) is 3.45. The lowest BCUT2D eigenvalue weighted by Crippen LogP contribution is -2.34. The molecule has 0 aromatic heterocycles. The highest BCUT2D eigenvalue weighted by Crippen LogP contribution is 2.44. The molecule has 1 aliphatic carbocycles. The van der Waals surface area contributed by atoms with Gasteiger partial charge in [0.05, 0.1) is 13.2 Å². The first-order valence-corrected chi connectivity index (χ1v) is 9.09. The van der Waals surface area contributed by atoms with Crippen LogP contribution < -0.4 is 5.32 Å². The molecule has 1 heterocycles. The van der Waals surface area contributed by atoms with Gasteiger partial charge in [-0.3, -0.25) is 4.79 Å². The van der Waals surface area contributed by atoms with E-state index in [1.54, 1.807) is 0 Å². The molecule has 132 valence electrons. The number of hydrogen-bond donors (Lipinski definition) is 1. The van der Waals surface area contributed by atoms with E-state index in [1.807, 2.05) is 6.92 Å². The van der Waals surface area contributed by atoms with Gasteiger partial charge in [0, 0.05) is 19.4 Å². The predicted octanol–water partition coefficient (Wildman–Crippen LogP) is 3.46. The number of carbonyl (C=O) groups excluding carboxylic acids is 1. The van der Waals surface area contributed by atoms with Crippen molar-refractivity contribution < 1.29 is 14.3 Å². The third-order valence-electron chi connectivity index (χ3n) is 5.35. The van der Waals surface area contributed by atoms with E-state index < -0.39 is 5.79 Å². The van der Waals surface area contributed by atoms with Crippen LogP contribution in [0.1, 0.15) is 55.2 Å². The number of carbonyl (C=O) groups is 1. The van der Waals surface area contributed by atoms with Crippen molar-refractivity contribution in [3.63, 3.8) is 0 Å². The van der Waals surface area contributed by atoms with Gasteiger partial charge in [-0.25, -0.2) is 0 Å². The first kappa shape index (κ1) is 17.4. The SMILES string of the molecule is Cc1ccc(C(CC(=O)NCCC2(C)OCCO2)C2CC2)cc1C. The highest BCUT2D eigenvalue weighted by molar-refractivity contribution is 5.77. The molecule has 1 aromatic rings. The van der Waals surface area contributed by atoms with Crippen LogP contribution in [0.25, 0.3) is 0 Å². The Morgan fingerprint density at radius 3 is 2.58 bits per heavy atom. The average Bonchev–Trinajstić information content (AvgIpc) is 3.29. The van der Waals surface area contributed by atoms with Crippen LogP contribution in [0.15, 0.2) is 18.2 Å². The van der Waals surface area contributed by atoms with E-state index in [9.17, 15) is 4.79 Å². The van der Waals surface area contributed by atoms with Gasteiger partial charge in [0.2, 0.25) is 5.91 Å². The fraction of sp³-hybridized carbons (Fsp3) is 0.650. The van der Waals surface area contributed by atoms with E-state index >= 15 is 0 Å². The van der Waals surface area contributed by atoms with Gasteiger partial charge < -0.3 is 14.8 Å². The molecule has 1 N–H and O–H groups in total. The molecule has 1 amide bonds. The Morgan fingerprint density at radius 1 is 1.25 bits per heavy atom. The Kier molecular flexibility index (Phi) is 5.26. The van der Waals surface area contributed by atoms with Crippen molar-refractivity contribution in [1.29, 1.82) is 0 Å². The number of ether oxygens (including phenoxy) is 2. The number of aryl methyl sites for hydroxylation is 2. The summed E-state index contributed by atoms with van der Waals surface area (Å²) in [6.07, 6.45) is 3.75. The van der Waals surface area contributed by atoms with E-state index in [1.165, 1.54) is 29.5 Å². The molecular weight excluding hydrogens is 302 g/mol. The molecule has 1 unspecified atom stereocenters. The first-order chi connectivity index (χ1) is 11.5. The quantitative estimate of drug-likeness (QED) is 0.832. The number of nitrogens with one attached hydrogen (secondary N) is 1. The Morgan fingerprint density at radius 2 is 1.96 bits per heavy atom. The van der Waals surface area contributed by atoms with Crippen LogP contribution in [0, 0.1) is 19.8 Å². The van der Waals surface area contributed by atoms with Gasteiger partial charge in [-0.05, 0) is 62.1 Å². The zero-order valence-corrected chi connectivity index (χ0v) is 15.1. The molecule has 0 radical (unpaired) electrons. The van der Waals surface area contributed by atoms with Crippen LogP contribution in [-0.4, -0.2) is 31.5 Å². The Balaban J connectivity index is 1.53. The minimum Gasteiger partial charge on any atom is -0.356 e. The van der Waals surface area contributed by atoms with Gasteiger partial charge >= 0.3 is 0 Å². The largest absolute Gasteiger partial charge is 0.356 e. The number of amides is 1. The lowest BCUT2D eigenvalue weighted by Gasteiger charge is -2.23.